The molecule has 7 nitrogen and oxygen atoms in total. The minimum atomic E-state index is -4.74. The third-order valence-electron chi connectivity index (χ3n) is 4.00. The lowest BCUT2D eigenvalue weighted by atomic mass is 10.3. The van der Waals surface area contributed by atoms with Crippen LogP contribution in [0, 0.1) is 0 Å². The summed E-state index contributed by atoms with van der Waals surface area (Å²) < 4.78 is 46.3. The second-order valence-corrected chi connectivity index (χ2v) is 6.35. The van der Waals surface area contributed by atoms with Gasteiger partial charge in [-0.05, 0) is 48.6 Å². The number of aromatic nitrogens is 2. The van der Waals surface area contributed by atoms with Gasteiger partial charge in [0.25, 0.3) is 5.91 Å². The van der Waals surface area contributed by atoms with Gasteiger partial charge in [-0.15, -0.1) is 0 Å². The zero-order valence-corrected chi connectivity index (χ0v) is 15.9. The molecule has 11 heteroatoms. The number of nitrogens with zero attached hydrogens (tertiary/aromatic N) is 3. The van der Waals surface area contributed by atoms with Crippen molar-refractivity contribution < 1.29 is 22.7 Å². The second kappa shape index (κ2) is 7.95. The Morgan fingerprint density at radius 2 is 1.90 bits per heavy atom. The second-order valence-electron chi connectivity index (χ2n) is 5.91. The van der Waals surface area contributed by atoms with Crippen LogP contribution in [0.3, 0.4) is 0 Å². The molecule has 0 bridgehead atoms. The van der Waals surface area contributed by atoms with Crippen LogP contribution >= 0.6 is 12.2 Å². The average Bonchev–Trinajstić information content (AvgIpc) is 3.05. The third-order valence-corrected chi connectivity index (χ3v) is 4.09. The molecule has 1 amide bonds. The lowest BCUT2D eigenvalue weighted by molar-refractivity contribution is -0.147. The molecular weight excluding hydrogens is 407 g/mol. The van der Waals surface area contributed by atoms with E-state index in [1.165, 1.54) is 19.2 Å². The Hall–Kier alpha value is -3.34. The van der Waals surface area contributed by atoms with Crippen LogP contribution in [0.2, 0.25) is 0 Å². The minimum Gasteiger partial charge on any atom is -0.497 e. The van der Waals surface area contributed by atoms with Crippen LogP contribution in [-0.2, 0) is 17.5 Å². The van der Waals surface area contributed by atoms with Crippen molar-refractivity contribution in [3.05, 3.63) is 54.4 Å². The topological polar surface area (TPSA) is 85.4 Å². The number of ether oxygens (including phenoxy) is 1. The number of hydrazine groups is 1. The lowest BCUT2D eigenvalue weighted by Crippen LogP contribution is -2.50. The Balaban J connectivity index is 2.00. The summed E-state index contributed by atoms with van der Waals surface area (Å²) in [7, 11) is 1.48. The summed E-state index contributed by atoms with van der Waals surface area (Å²) in [4.78, 5) is 16.6. The van der Waals surface area contributed by atoms with E-state index in [9.17, 15) is 18.0 Å². The Labute approximate surface area is 168 Å². The van der Waals surface area contributed by atoms with Crippen LogP contribution in [0.5, 0.6) is 5.75 Å². The molecule has 3 N–H and O–H groups in total. The summed E-state index contributed by atoms with van der Waals surface area (Å²) >= 11 is 4.80. The molecule has 1 heterocycles. The molecule has 3 rings (SSSR count). The van der Waals surface area contributed by atoms with Crippen molar-refractivity contribution in [2.45, 2.75) is 12.7 Å². The lowest BCUT2D eigenvalue weighted by Gasteiger charge is -2.24. The Bertz CT molecular complexity index is 1050. The van der Waals surface area contributed by atoms with E-state index in [-0.39, 0.29) is 16.1 Å². The number of carbonyl (C=O) groups is 1. The maximum absolute atomic E-state index is 13.5. The number of nitrogens with one attached hydrogen (secondary N) is 1. The van der Waals surface area contributed by atoms with Crippen LogP contribution in [0.25, 0.3) is 11.0 Å². The summed E-state index contributed by atoms with van der Waals surface area (Å²) in [6.45, 7) is -0.642. The number of imidazole rings is 1. The van der Waals surface area contributed by atoms with E-state index < -0.39 is 24.5 Å². The molecule has 0 aliphatic heterocycles. The maximum atomic E-state index is 13.5. The highest BCUT2D eigenvalue weighted by Gasteiger charge is 2.38. The Morgan fingerprint density at radius 1 is 1.24 bits per heavy atom. The van der Waals surface area contributed by atoms with Gasteiger partial charge in [0.05, 0.1) is 23.8 Å². The highest BCUT2D eigenvalue weighted by Crippen LogP contribution is 2.31. The first kappa shape index (κ1) is 20.4. The summed E-state index contributed by atoms with van der Waals surface area (Å²) in [6.07, 6.45) is -4.74. The number of nitrogens with two attached hydrogens (primary N) is 1. The Morgan fingerprint density at radius 3 is 2.48 bits per heavy atom. The number of methoxy groups -OCH3 is 1. The first-order chi connectivity index (χ1) is 13.7. The third kappa shape index (κ3) is 4.40. The molecule has 152 valence electrons. The average molecular weight is 423 g/mol. The first-order valence-corrected chi connectivity index (χ1v) is 8.67. The molecule has 0 saturated heterocycles. The predicted octanol–water partition coefficient (Wildman–Crippen LogP) is 2.85. The van der Waals surface area contributed by atoms with Gasteiger partial charge in [0.1, 0.15) is 12.3 Å². The van der Waals surface area contributed by atoms with E-state index in [0.717, 1.165) is 9.58 Å². The molecule has 1 aromatic heterocycles. The van der Waals surface area contributed by atoms with Crippen molar-refractivity contribution in [3.8, 4) is 5.75 Å². The maximum Gasteiger partial charge on any atom is 0.449 e. The van der Waals surface area contributed by atoms with Crippen LogP contribution in [-0.4, -0.2) is 27.7 Å². The molecule has 2 aromatic carbocycles. The summed E-state index contributed by atoms with van der Waals surface area (Å²) in [6, 6.07) is 12.3. The molecule has 0 aliphatic rings. The molecule has 0 saturated carbocycles. The van der Waals surface area contributed by atoms with Crippen LogP contribution in [0.1, 0.15) is 5.82 Å². The fraction of sp³-hybridized carbons (Fsp3) is 0.167. The van der Waals surface area contributed by atoms with Gasteiger partial charge in [0.2, 0.25) is 5.82 Å². The van der Waals surface area contributed by atoms with E-state index in [1.54, 1.807) is 36.4 Å². The van der Waals surface area contributed by atoms with Crippen LogP contribution < -0.4 is 20.9 Å². The standard InChI is InChI=1S/C18H16F3N5O2S/c1-28-12-8-6-11(7-9-12)26(24-17(22)29)15(27)10-25-14-5-3-2-4-13(14)23-16(25)18(19,20)21/h2-9H,10H2,1H3,(H3,22,24,29). The molecule has 0 spiro atoms. The molecule has 0 radical (unpaired) electrons. The number of rotatable bonds is 4. The highest BCUT2D eigenvalue weighted by molar-refractivity contribution is 7.80. The van der Waals surface area contributed by atoms with E-state index >= 15 is 0 Å². The van der Waals surface area contributed by atoms with Crippen molar-refractivity contribution in [1.29, 1.82) is 0 Å². The van der Waals surface area contributed by atoms with Crippen molar-refractivity contribution in [2.24, 2.45) is 5.73 Å². The first-order valence-electron chi connectivity index (χ1n) is 8.26. The quantitative estimate of drug-likeness (QED) is 0.496. The van der Waals surface area contributed by atoms with Crippen LogP contribution in [0.4, 0.5) is 18.9 Å². The normalized spacial score (nSPS) is 11.3. The number of halogens is 3. The van der Waals surface area contributed by atoms with Gasteiger partial charge in [-0.1, -0.05) is 12.1 Å². The van der Waals surface area contributed by atoms with Crippen LogP contribution in [0.15, 0.2) is 48.5 Å². The molecule has 0 fully saturated rings. The number of benzene rings is 2. The van der Waals surface area contributed by atoms with Gasteiger partial charge in [0.15, 0.2) is 5.11 Å². The number of amides is 1. The summed E-state index contributed by atoms with van der Waals surface area (Å²) in [5.74, 6) is -1.36. The largest absolute Gasteiger partial charge is 0.497 e. The zero-order chi connectivity index (χ0) is 21.2. The summed E-state index contributed by atoms with van der Waals surface area (Å²) in [5, 5.41) is 0.761. The molecule has 0 aliphatic carbocycles. The number of thiocarbonyl (C=S) groups is 1. The number of hydrogen-bond donors (Lipinski definition) is 2. The molecule has 0 unspecified atom stereocenters. The van der Waals surface area contributed by atoms with Crippen molar-refractivity contribution in [2.75, 3.05) is 12.1 Å². The van der Waals surface area contributed by atoms with Gasteiger partial charge < -0.3 is 15.0 Å². The van der Waals surface area contributed by atoms with Gasteiger partial charge in [-0.3, -0.25) is 10.2 Å². The number of hydrogen-bond acceptors (Lipinski definition) is 4. The summed E-state index contributed by atoms with van der Waals surface area (Å²) in [5.41, 5.74) is 8.61. The minimum absolute atomic E-state index is 0.130. The van der Waals surface area contributed by atoms with E-state index in [2.05, 4.69) is 10.4 Å². The van der Waals surface area contributed by atoms with Crippen molar-refractivity contribution >= 4 is 40.0 Å². The van der Waals surface area contributed by atoms with Gasteiger partial charge in [-0.2, -0.15) is 13.2 Å². The van der Waals surface area contributed by atoms with Crippen molar-refractivity contribution in [3.63, 3.8) is 0 Å². The molecular formula is C18H16F3N5O2S. The van der Waals surface area contributed by atoms with Crippen molar-refractivity contribution in [1.82, 2.24) is 15.0 Å². The fourth-order valence-electron chi connectivity index (χ4n) is 2.77. The van der Waals surface area contributed by atoms with E-state index in [0.29, 0.717) is 11.4 Å². The van der Waals surface area contributed by atoms with E-state index in [4.69, 9.17) is 22.7 Å². The number of fused-ring (bicyclic) bond motifs is 1. The predicted molar refractivity (Wildman–Crippen MR) is 105 cm³/mol. The SMILES string of the molecule is COc1ccc(N(NC(N)=S)C(=O)Cn2c(C(F)(F)F)nc3ccccc32)cc1. The molecule has 0 atom stereocenters. The number of para-hydroxylation sites is 2. The number of carbonyl (C=O) groups excluding carboxylic acids is 1. The smallest absolute Gasteiger partial charge is 0.449 e. The molecule has 3 aromatic rings. The van der Waals surface area contributed by atoms with Gasteiger partial charge >= 0.3 is 6.18 Å². The fourth-order valence-corrected chi connectivity index (χ4v) is 2.86. The number of anilines is 1. The Kier molecular flexibility index (Phi) is 5.59. The highest BCUT2D eigenvalue weighted by atomic mass is 32.1. The van der Waals surface area contributed by atoms with Gasteiger partial charge in [-0.25, -0.2) is 9.99 Å². The number of alkyl halides is 3. The monoisotopic (exact) mass is 423 g/mol. The molecule has 29 heavy (non-hydrogen) atoms. The van der Waals surface area contributed by atoms with Gasteiger partial charge in [0, 0.05) is 0 Å². The zero-order valence-electron chi connectivity index (χ0n) is 15.1. The van der Waals surface area contributed by atoms with E-state index in [1.807, 2.05) is 0 Å².